The van der Waals surface area contributed by atoms with Gasteiger partial charge in [-0.3, -0.25) is 4.79 Å². The van der Waals surface area contributed by atoms with Crippen molar-refractivity contribution in [1.29, 1.82) is 0 Å². The van der Waals surface area contributed by atoms with Gasteiger partial charge in [0.15, 0.2) is 5.13 Å². The summed E-state index contributed by atoms with van der Waals surface area (Å²) >= 11 is 1.77. The molecule has 5 nitrogen and oxygen atoms in total. The Morgan fingerprint density at radius 1 is 1.11 bits per heavy atom. The molecule has 0 unspecified atom stereocenters. The van der Waals surface area contributed by atoms with E-state index in [0.717, 1.165) is 62.8 Å². The fraction of sp³-hybridized carbons (Fsp3) is 0.619. The second-order valence-corrected chi connectivity index (χ2v) is 9.49. The Morgan fingerprint density at radius 2 is 1.89 bits per heavy atom. The Bertz CT molecular complexity index is 777. The molecule has 144 valence electrons. The lowest BCUT2D eigenvalue weighted by molar-refractivity contribution is -0.138. The first-order valence-corrected chi connectivity index (χ1v) is 11.1. The summed E-state index contributed by atoms with van der Waals surface area (Å²) in [7, 11) is 0. The molecule has 3 saturated heterocycles. The van der Waals surface area contributed by atoms with E-state index in [0.29, 0.717) is 11.3 Å². The number of fused-ring (bicyclic) bond motifs is 1. The number of likely N-dealkylation sites (tertiary alicyclic amines) is 1. The van der Waals surface area contributed by atoms with Gasteiger partial charge < -0.3 is 15.1 Å². The molecule has 1 N–H and O–H groups in total. The van der Waals surface area contributed by atoms with Gasteiger partial charge in [-0.15, -0.1) is 0 Å². The molecule has 0 aliphatic carbocycles. The van der Waals surface area contributed by atoms with E-state index in [1.54, 1.807) is 11.3 Å². The topological polar surface area (TPSA) is 48.5 Å². The third-order valence-electron chi connectivity index (χ3n) is 6.87. The average molecular weight is 385 g/mol. The highest BCUT2D eigenvalue weighted by Gasteiger charge is 2.39. The second kappa shape index (κ2) is 7.06. The van der Waals surface area contributed by atoms with E-state index in [1.807, 2.05) is 6.07 Å². The highest BCUT2D eigenvalue weighted by molar-refractivity contribution is 7.22. The first kappa shape index (κ1) is 17.4. The number of nitrogens with zero attached hydrogens (tertiary/aromatic N) is 3. The van der Waals surface area contributed by atoms with Gasteiger partial charge in [0.2, 0.25) is 5.91 Å². The molecule has 5 rings (SSSR count). The third-order valence-corrected chi connectivity index (χ3v) is 7.96. The van der Waals surface area contributed by atoms with Crippen LogP contribution >= 0.6 is 11.3 Å². The number of aromatic nitrogens is 1. The molecule has 1 spiro atoms. The predicted molar refractivity (Wildman–Crippen MR) is 110 cm³/mol. The van der Waals surface area contributed by atoms with Crippen LogP contribution in [-0.4, -0.2) is 55.1 Å². The molecule has 3 aliphatic rings. The Hall–Kier alpha value is -1.66. The monoisotopic (exact) mass is 384 g/mol. The van der Waals surface area contributed by atoms with Crippen LogP contribution in [0.25, 0.3) is 10.2 Å². The maximum Gasteiger partial charge on any atom is 0.225 e. The maximum atomic E-state index is 13.0. The van der Waals surface area contributed by atoms with Crippen LogP contribution in [0.15, 0.2) is 24.3 Å². The SMILES string of the molecule is O=C(C1CCN(c2nc3ccccc3s2)CC1)N1CCC2(CCNC2)CC1. The van der Waals surface area contributed by atoms with E-state index >= 15 is 0 Å². The number of carbonyl (C=O) groups is 1. The minimum atomic E-state index is 0.200. The summed E-state index contributed by atoms with van der Waals surface area (Å²) in [6, 6.07) is 8.32. The molecule has 1 aromatic heterocycles. The number of anilines is 1. The number of hydrogen-bond donors (Lipinski definition) is 1. The van der Waals surface area contributed by atoms with Gasteiger partial charge in [0.25, 0.3) is 0 Å². The molecule has 0 atom stereocenters. The van der Waals surface area contributed by atoms with Gasteiger partial charge in [-0.05, 0) is 56.2 Å². The zero-order valence-electron chi connectivity index (χ0n) is 15.8. The molecule has 2 aromatic rings. The van der Waals surface area contributed by atoms with E-state index in [2.05, 4.69) is 33.3 Å². The summed E-state index contributed by atoms with van der Waals surface area (Å²) in [5.41, 5.74) is 1.56. The molecule has 0 bridgehead atoms. The number of hydrogen-bond acceptors (Lipinski definition) is 5. The average Bonchev–Trinajstić information content (AvgIpc) is 3.35. The van der Waals surface area contributed by atoms with E-state index in [-0.39, 0.29) is 5.92 Å². The first-order chi connectivity index (χ1) is 13.2. The third kappa shape index (κ3) is 3.34. The Labute approximate surface area is 164 Å². The predicted octanol–water partition coefficient (Wildman–Crippen LogP) is 3.11. The van der Waals surface area contributed by atoms with Gasteiger partial charge >= 0.3 is 0 Å². The zero-order valence-corrected chi connectivity index (χ0v) is 16.6. The lowest BCUT2D eigenvalue weighted by atomic mass is 9.77. The fourth-order valence-corrected chi connectivity index (χ4v) is 6.01. The Balaban J connectivity index is 1.17. The van der Waals surface area contributed by atoms with Crippen LogP contribution in [0.4, 0.5) is 5.13 Å². The van der Waals surface area contributed by atoms with Crippen molar-refractivity contribution in [1.82, 2.24) is 15.2 Å². The number of benzene rings is 1. The summed E-state index contributed by atoms with van der Waals surface area (Å²) in [4.78, 5) is 22.3. The van der Waals surface area contributed by atoms with Crippen molar-refractivity contribution in [3.05, 3.63) is 24.3 Å². The van der Waals surface area contributed by atoms with Crippen LogP contribution in [-0.2, 0) is 4.79 Å². The lowest BCUT2D eigenvalue weighted by Gasteiger charge is -2.41. The number of amides is 1. The van der Waals surface area contributed by atoms with Crippen molar-refractivity contribution >= 4 is 32.6 Å². The molecule has 1 aromatic carbocycles. The van der Waals surface area contributed by atoms with E-state index in [9.17, 15) is 4.79 Å². The van der Waals surface area contributed by atoms with Crippen molar-refractivity contribution in [3.8, 4) is 0 Å². The molecule has 3 fully saturated rings. The largest absolute Gasteiger partial charge is 0.348 e. The van der Waals surface area contributed by atoms with E-state index < -0.39 is 0 Å². The van der Waals surface area contributed by atoms with Crippen LogP contribution in [0.3, 0.4) is 0 Å². The molecular weight excluding hydrogens is 356 g/mol. The molecule has 0 radical (unpaired) electrons. The smallest absolute Gasteiger partial charge is 0.225 e. The van der Waals surface area contributed by atoms with Gasteiger partial charge in [0.1, 0.15) is 0 Å². The van der Waals surface area contributed by atoms with Gasteiger partial charge in [0, 0.05) is 38.6 Å². The number of para-hydroxylation sites is 1. The highest BCUT2D eigenvalue weighted by atomic mass is 32.1. The standard InChI is InChI=1S/C21H28N4OS/c26-19(24-13-8-21(9-14-24)7-10-22-15-21)16-5-11-25(12-6-16)20-23-17-3-1-2-4-18(17)27-20/h1-4,16,22H,5-15H2. The Morgan fingerprint density at radius 3 is 2.59 bits per heavy atom. The van der Waals surface area contributed by atoms with Gasteiger partial charge in [0.05, 0.1) is 10.2 Å². The van der Waals surface area contributed by atoms with Crippen LogP contribution in [0.5, 0.6) is 0 Å². The maximum absolute atomic E-state index is 13.0. The van der Waals surface area contributed by atoms with Crippen LogP contribution in [0.1, 0.15) is 32.1 Å². The fourth-order valence-electron chi connectivity index (χ4n) is 4.99. The van der Waals surface area contributed by atoms with E-state index in [1.165, 1.54) is 24.0 Å². The van der Waals surface area contributed by atoms with Crippen molar-refractivity contribution in [2.45, 2.75) is 32.1 Å². The summed E-state index contributed by atoms with van der Waals surface area (Å²) < 4.78 is 1.24. The van der Waals surface area contributed by atoms with Crippen LogP contribution in [0, 0.1) is 11.3 Å². The molecule has 0 saturated carbocycles. The highest BCUT2D eigenvalue weighted by Crippen LogP contribution is 2.38. The normalized spacial score (nSPS) is 23.4. The van der Waals surface area contributed by atoms with Gasteiger partial charge in [-0.25, -0.2) is 4.98 Å². The van der Waals surface area contributed by atoms with E-state index in [4.69, 9.17) is 4.98 Å². The van der Waals surface area contributed by atoms with Crippen molar-refractivity contribution < 1.29 is 4.79 Å². The molecular formula is C21H28N4OS. The Kier molecular flexibility index (Phi) is 4.56. The summed E-state index contributed by atoms with van der Waals surface area (Å²) in [5, 5.41) is 4.61. The molecule has 6 heteroatoms. The van der Waals surface area contributed by atoms with Crippen LogP contribution in [0.2, 0.25) is 0 Å². The number of rotatable bonds is 2. The minimum Gasteiger partial charge on any atom is -0.348 e. The van der Waals surface area contributed by atoms with Crippen molar-refractivity contribution in [3.63, 3.8) is 0 Å². The molecule has 4 heterocycles. The summed E-state index contributed by atoms with van der Waals surface area (Å²) in [6.45, 7) is 6.10. The number of carbonyl (C=O) groups excluding carboxylic acids is 1. The summed E-state index contributed by atoms with van der Waals surface area (Å²) in [5.74, 6) is 0.603. The molecule has 1 amide bonds. The first-order valence-electron chi connectivity index (χ1n) is 10.3. The van der Waals surface area contributed by atoms with Gasteiger partial charge in [-0.1, -0.05) is 23.5 Å². The quantitative estimate of drug-likeness (QED) is 0.864. The number of piperidine rings is 2. The zero-order chi connectivity index (χ0) is 18.3. The van der Waals surface area contributed by atoms with Gasteiger partial charge in [-0.2, -0.15) is 0 Å². The minimum absolute atomic E-state index is 0.200. The van der Waals surface area contributed by atoms with Crippen LogP contribution < -0.4 is 10.2 Å². The van der Waals surface area contributed by atoms with Crippen molar-refractivity contribution in [2.24, 2.45) is 11.3 Å². The lowest BCUT2D eigenvalue weighted by Crippen LogP contribution is -2.48. The number of thiazole rings is 1. The number of nitrogens with one attached hydrogen (secondary N) is 1. The molecule has 3 aliphatic heterocycles. The van der Waals surface area contributed by atoms with Crippen molar-refractivity contribution in [2.75, 3.05) is 44.2 Å². The molecule has 27 heavy (non-hydrogen) atoms. The second-order valence-electron chi connectivity index (χ2n) is 8.48. The summed E-state index contributed by atoms with van der Waals surface area (Å²) in [6.07, 6.45) is 5.55.